The average Bonchev–Trinajstić information content (AvgIpc) is 2.68. The molecule has 0 amide bonds. The number of piperazine rings is 1. The number of benzene rings is 2. The van der Waals surface area contributed by atoms with Crippen LogP contribution in [0.25, 0.3) is 0 Å². The van der Waals surface area contributed by atoms with Gasteiger partial charge in [-0.05, 0) is 60.7 Å². The van der Waals surface area contributed by atoms with E-state index in [1.807, 2.05) is 12.1 Å². The summed E-state index contributed by atoms with van der Waals surface area (Å²) in [6, 6.07) is 11.4. The molecular weight excluding hydrogens is 355 g/mol. The van der Waals surface area contributed by atoms with E-state index in [1.54, 1.807) is 7.11 Å². The molecule has 0 unspecified atom stereocenters. The van der Waals surface area contributed by atoms with Gasteiger partial charge in [-0.15, -0.1) is 0 Å². The minimum absolute atomic E-state index is 0.180. The van der Waals surface area contributed by atoms with Gasteiger partial charge in [-0.3, -0.25) is 9.80 Å². The maximum Gasteiger partial charge on any atom is 0.123 e. The molecule has 0 aromatic heterocycles. The fourth-order valence-electron chi connectivity index (χ4n) is 4.04. The van der Waals surface area contributed by atoms with Crippen molar-refractivity contribution in [1.29, 1.82) is 0 Å². The smallest absolute Gasteiger partial charge is 0.123 e. The van der Waals surface area contributed by atoms with Crippen LogP contribution >= 0.6 is 0 Å². The van der Waals surface area contributed by atoms with E-state index < -0.39 is 0 Å². The monoisotopic (exact) mass is 386 g/mol. The third-order valence-electron chi connectivity index (χ3n) is 5.70. The van der Waals surface area contributed by atoms with Crippen LogP contribution < -0.4 is 4.74 Å². The fraction of sp³-hybridized carbons (Fsp3) is 0.478. The second-order valence-electron chi connectivity index (χ2n) is 7.75. The predicted octanol–water partition coefficient (Wildman–Crippen LogP) is 3.52. The zero-order valence-electron chi connectivity index (χ0n) is 17.1. The van der Waals surface area contributed by atoms with Gasteiger partial charge in [0.2, 0.25) is 0 Å². The van der Waals surface area contributed by atoms with Crippen LogP contribution in [0.3, 0.4) is 0 Å². The van der Waals surface area contributed by atoms with Crippen molar-refractivity contribution in [3.8, 4) is 5.75 Å². The Morgan fingerprint density at radius 1 is 1.07 bits per heavy atom. The number of halogens is 1. The number of nitrogens with zero attached hydrogens (tertiary/aromatic N) is 2. The quantitative estimate of drug-likeness (QED) is 0.790. The molecule has 0 spiro atoms. The number of rotatable bonds is 7. The maximum atomic E-state index is 13.2. The number of hydrogen-bond donors (Lipinski definition) is 1. The highest BCUT2D eigenvalue weighted by Gasteiger charge is 2.27. The van der Waals surface area contributed by atoms with Crippen molar-refractivity contribution in [2.75, 3.05) is 33.4 Å². The topological polar surface area (TPSA) is 35.9 Å². The normalized spacial score (nSPS) is 18.4. The molecule has 1 atom stereocenters. The summed E-state index contributed by atoms with van der Waals surface area (Å²) in [4.78, 5) is 4.88. The van der Waals surface area contributed by atoms with E-state index in [-0.39, 0.29) is 12.4 Å². The number of methoxy groups -OCH3 is 1. The van der Waals surface area contributed by atoms with Gasteiger partial charge in [0.1, 0.15) is 11.6 Å². The Hall–Kier alpha value is -1.95. The van der Waals surface area contributed by atoms with E-state index in [0.717, 1.165) is 56.0 Å². The summed E-state index contributed by atoms with van der Waals surface area (Å²) in [7, 11) is 1.71. The SMILES string of the molecule is COc1cc(C)c(CN2CCN(Cc3ccc(F)cc3)[C@@H](CCO)C2)cc1C. The first-order valence-corrected chi connectivity index (χ1v) is 9.96. The lowest BCUT2D eigenvalue weighted by molar-refractivity contribution is 0.0499. The third kappa shape index (κ3) is 5.10. The summed E-state index contributed by atoms with van der Waals surface area (Å²) in [5.74, 6) is 0.731. The zero-order chi connectivity index (χ0) is 20.1. The molecule has 28 heavy (non-hydrogen) atoms. The molecule has 1 saturated heterocycles. The highest BCUT2D eigenvalue weighted by molar-refractivity contribution is 5.41. The number of hydrogen-bond acceptors (Lipinski definition) is 4. The third-order valence-corrected chi connectivity index (χ3v) is 5.70. The molecular formula is C23H31FN2O2. The highest BCUT2D eigenvalue weighted by atomic mass is 19.1. The van der Waals surface area contributed by atoms with E-state index in [4.69, 9.17) is 4.74 Å². The Morgan fingerprint density at radius 3 is 2.50 bits per heavy atom. The first kappa shape index (κ1) is 20.8. The molecule has 0 bridgehead atoms. The lowest BCUT2D eigenvalue weighted by Gasteiger charge is -2.41. The zero-order valence-corrected chi connectivity index (χ0v) is 17.1. The average molecular weight is 387 g/mol. The first-order chi connectivity index (χ1) is 13.5. The van der Waals surface area contributed by atoms with Gasteiger partial charge in [0.25, 0.3) is 0 Å². The van der Waals surface area contributed by atoms with Crippen molar-refractivity contribution in [3.05, 3.63) is 64.5 Å². The van der Waals surface area contributed by atoms with Gasteiger partial charge in [0, 0.05) is 45.4 Å². The summed E-state index contributed by atoms with van der Waals surface area (Å²) in [5, 5.41) is 9.54. The standard InChI is InChI=1S/C23H31FN2O2/c1-17-13-23(28-3)18(2)12-20(17)15-25-9-10-26(22(16-25)8-11-27)14-19-4-6-21(24)7-5-19/h4-7,12-13,22,27H,8-11,14-16H2,1-3H3/t22-/m0/s1. The summed E-state index contributed by atoms with van der Waals surface area (Å²) in [5.41, 5.74) is 4.84. The predicted molar refractivity (Wildman–Crippen MR) is 110 cm³/mol. The molecule has 1 N–H and O–H groups in total. The number of ether oxygens (including phenoxy) is 1. The van der Waals surface area contributed by atoms with E-state index in [9.17, 15) is 9.50 Å². The van der Waals surface area contributed by atoms with Crippen LogP contribution in [-0.4, -0.2) is 54.3 Å². The summed E-state index contributed by atoms with van der Waals surface area (Å²) >= 11 is 0. The Balaban J connectivity index is 1.66. The van der Waals surface area contributed by atoms with Crippen molar-refractivity contribution in [2.45, 2.75) is 39.4 Å². The molecule has 2 aromatic carbocycles. The summed E-state index contributed by atoms with van der Waals surface area (Å²) < 4.78 is 18.6. The van der Waals surface area contributed by atoms with E-state index in [2.05, 4.69) is 35.8 Å². The molecule has 3 rings (SSSR count). The Morgan fingerprint density at radius 2 is 1.82 bits per heavy atom. The maximum absolute atomic E-state index is 13.2. The van der Waals surface area contributed by atoms with Crippen LogP contribution in [0.1, 0.15) is 28.7 Å². The van der Waals surface area contributed by atoms with E-state index in [0.29, 0.717) is 6.04 Å². The van der Waals surface area contributed by atoms with Crippen LogP contribution in [0.2, 0.25) is 0 Å². The molecule has 5 heteroatoms. The van der Waals surface area contributed by atoms with Crippen LogP contribution in [0.4, 0.5) is 4.39 Å². The minimum atomic E-state index is -0.203. The van der Waals surface area contributed by atoms with Crippen molar-refractivity contribution in [1.82, 2.24) is 9.80 Å². The Bertz CT molecular complexity index is 779. The molecule has 0 saturated carbocycles. The van der Waals surface area contributed by atoms with E-state index >= 15 is 0 Å². The lowest BCUT2D eigenvalue weighted by Crippen LogP contribution is -2.52. The Labute approximate surface area is 167 Å². The van der Waals surface area contributed by atoms with Crippen molar-refractivity contribution >= 4 is 0 Å². The number of aryl methyl sites for hydroxylation is 2. The number of aliphatic hydroxyl groups excluding tert-OH is 1. The van der Waals surface area contributed by atoms with Gasteiger partial charge in [-0.1, -0.05) is 18.2 Å². The molecule has 1 aliphatic heterocycles. The van der Waals surface area contributed by atoms with E-state index in [1.165, 1.54) is 23.3 Å². The van der Waals surface area contributed by atoms with Gasteiger partial charge in [0.15, 0.2) is 0 Å². The second kappa shape index (κ2) is 9.50. The minimum Gasteiger partial charge on any atom is -0.496 e. The van der Waals surface area contributed by atoms with Gasteiger partial charge in [-0.2, -0.15) is 0 Å². The molecule has 2 aromatic rings. The fourth-order valence-corrected chi connectivity index (χ4v) is 4.04. The highest BCUT2D eigenvalue weighted by Crippen LogP contribution is 2.25. The van der Waals surface area contributed by atoms with Gasteiger partial charge in [0.05, 0.1) is 7.11 Å². The summed E-state index contributed by atoms with van der Waals surface area (Å²) in [6.07, 6.45) is 0.748. The molecule has 0 radical (unpaired) electrons. The van der Waals surface area contributed by atoms with Crippen LogP contribution in [0.15, 0.2) is 36.4 Å². The van der Waals surface area contributed by atoms with Crippen molar-refractivity contribution in [2.24, 2.45) is 0 Å². The largest absolute Gasteiger partial charge is 0.496 e. The van der Waals surface area contributed by atoms with Gasteiger partial charge in [-0.25, -0.2) is 4.39 Å². The second-order valence-corrected chi connectivity index (χ2v) is 7.75. The number of aliphatic hydroxyl groups is 1. The van der Waals surface area contributed by atoms with Crippen LogP contribution in [0.5, 0.6) is 5.75 Å². The molecule has 1 aliphatic rings. The van der Waals surface area contributed by atoms with Gasteiger partial charge >= 0.3 is 0 Å². The molecule has 1 heterocycles. The van der Waals surface area contributed by atoms with Crippen molar-refractivity contribution in [3.63, 3.8) is 0 Å². The summed E-state index contributed by atoms with van der Waals surface area (Å²) in [6.45, 7) is 8.93. The van der Waals surface area contributed by atoms with Crippen LogP contribution in [-0.2, 0) is 13.1 Å². The van der Waals surface area contributed by atoms with Gasteiger partial charge < -0.3 is 9.84 Å². The van der Waals surface area contributed by atoms with Crippen LogP contribution in [0, 0.1) is 19.7 Å². The molecule has 4 nitrogen and oxygen atoms in total. The Kier molecular flexibility index (Phi) is 7.05. The molecule has 1 fully saturated rings. The van der Waals surface area contributed by atoms with Crippen molar-refractivity contribution < 1.29 is 14.2 Å². The molecule has 0 aliphatic carbocycles. The molecule has 152 valence electrons. The lowest BCUT2D eigenvalue weighted by atomic mass is 10.0. The first-order valence-electron chi connectivity index (χ1n) is 9.96.